The maximum atomic E-state index is 13.1. The zero-order valence-electron chi connectivity index (χ0n) is 13.9. The van der Waals surface area contributed by atoms with Gasteiger partial charge in [0.2, 0.25) is 0 Å². The second kappa shape index (κ2) is 8.79. The number of carbonyl (C=O) groups is 2. The molecular formula is C18H19FN2O4. The highest BCUT2D eigenvalue weighted by Crippen LogP contribution is 2.26. The molecule has 0 aliphatic heterocycles. The molecular weight excluding hydrogens is 327 g/mol. The van der Waals surface area contributed by atoms with Gasteiger partial charge in [-0.25, -0.2) is 4.39 Å². The lowest BCUT2D eigenvalue weighted by molar-refractivity contribution is -0.136. The molecule has 7 heteroatoms. The van der Waals surface area contributed by atoms with Crippen molar-refractivity contribution >= 4 is 17.5 Å². The predicted molar refractivity (Wildman–Crippen MR) is 90.8 cm³/mol. The van der Waals surface area contributed by atoms with Gasteiger partial charge in [-0.2, -0.15) is 0 Å². The fraction of sp³-hybridized carbons (Fsp3) is 0.222. The van der Waals surface area contributed by atoms with Crippen molar-refractivity contribution in [2.24, 2.45) is 0 Å². The first-order valence-corrected chi connectivity index (χ1v) is 7.55. The molecule has 2 N–H and O–H groups in total. The van der Waals surface area contributed by atoms with Gasteiger partial charge in [0.05, 0.1) is 7.11 Å². The van der Waals surface area contributed by atoms with Crippen LogP contribution < -0.4 is 15.4 Å². The Kier molecular flexibility index (Phi) is 6.47. The molecule has 0 aromatic heterocycles. The van der Waals surface area contributed by atoms with Gasteiger partial charge in [0.15, 0.2) is 0 Å². The number of benzene rings is 2. The van der Waals surface area contributed by atoms with E-state index in [1.54, 1.807) is 6.07 Å². The van der Waals surface area contributed by atoms with E-state index in [4.69, 9.17) is 9.47 Å². The summed E-state index contributed by atoms with van der Waals surface area (Å²) in [4.78, 5) is 23.8. The van der Waals surface area contributed by atoms with E-state index in [0.29, 0.717) is 5.75 Å². The van der Waals surface area contributed by atoms with Crippen molar-refractivity contribution in [3.05, 3.63) is 59.9 Å². The smallest absolute Gasteiger partial charge is 0.313 e. The third-order valence-electron chi connectivity index (χ3n) is 3.51. The molecule has 1 atom stereocenters. The SMILES string of the molecule is COc1ccccc1C(CNC(=O)C(=O)Nc1cccc(F)c1)OC. The zero-order chi connectivity index (χ0) is 18.2. The van der Waals surface area contributed by atoms with Crippen LogP contribution in [0.25, 0.3) is 0 Å². The Morgan fingerprint density at radius 2 is 1.84 bits per heavy atom. The Hall–Kier alpha value is -2.93. The highest BCUT2D eigenvalue weighted by Gasteiger charge is 2.19. The van der Waals surface area contributed by atoms with Crippen molar-refractivity contribution < 1.29 is 23.5 Å². The molecule has 0 aliphatic rings. The van der Waals surface area contributed by atoms with Gasteiger partial charge in [-0.05, 0) is 24.3 Å². The summed E-state index contributed by atoms with van der Waals surface area (Å²) in [6.45, 7) is 0.0757. The quantitative estimate of drug-likeness (QED) is 0.787. The van der Waals surface area contributed by atoms with E-state index in [2.05, 4.69) is 10.6 Å². The van der Waals surface area contributed by atoms with Crippen LogP contribution >= 0.6 is 0 Å². The van der Waals surface area contributed by atoms with E-state index in [1.807, 2.05) is 18.2 Å². The fourth-order valence-electron chi connectivity index (χ4n) is 2.27. The Balaban J connectivity index is 1.96. The molecule has 2 aromatic carbocycles. The minimum atomic E-state index is -0.888. The number of ether oxygens (including phenoxy) is 2. The topological polar surface area (TPSA) is 76.7 Å². The highest BCUT2D eigenvalue weighted by molar-refractivity contribution is 6.39. The molecule has 2 aromatic rings. The van der Waals surface area contributed by atoms with E-state index < -0.39 is 23.7 Å². The maximum Gasteiger partial charge on any atom is 0.313 e. The summed E-state index contributed by atoms with van der Waals surface area (Å²) in [5.41, 5.74) is 0.950. The number of halogens is 1. The summed E-state index contributed by atoms with van der Waals surface area (Å²) in [7, 11) is 3.03. The van der Waals surface area contributed by atoms with Crippen molar-refractivity contribution in [3.8, 4) is 5.75 Å². The van der Waals surface area contributed by atoms with Crippen LogP contribution in [-0.4, -0.2) is 32.6 Å². The number of para-hydroxylation sites is 1. The molecule has 2 amide bonds. The molecule has 0 saturated carbocycles. The number of amides is 2. The van der Waals surface area contributed by atoms with Crippen molar-refractivity contribution in [1.29, 1.82) is 0 Å². The molecule has 0 saturated heterocycles. The van der Waals surface area contributed by atoms with Crippen LogP contribution in [0.1, 0.15) is 11.7 Å². The van der Waals surface area contributed by atoms with E-state index in [-0.39, 0.29) is 12.2 Å². The van der Waals surface area contributed by atoms with Gasteiger partial charge in [-0.3, -0.25) is 9.59 Å². The maximum absolute atomic E-state index is 13.1. The third-order valence-corrected chi connectivity index (χ3v) is 3.51. The molecule has 0 spiro atoms. The van der Waals surface area contributed by atoms with Crippen molar-refractivity contribution in [1.82, 2.24) is 5.32 Å². The summed E-state index contributed by atoms with van der Waals surface area (Å²) < 4.78 is 23.7. The van der Waals surface area contributed by atoms with Crippen LogP contribution in [0.15, 0.2) is 48.5 Å². The molecule has 0 heterocycles. The van der Waals surface area contributed by atoms with Gasteiger partial charge in [-0.1, -0.05) is 24.3 Å². The van der Waals surface area contributed by atoms with Crippen molar-refractivity contribution in [2.75, 3.05) is 26.1 Å². The standard InChI is InChI=1S/C18H19FN2O4/c1-24-15-9-4-3-8-14(15)16(25-2)11-20-17(22)18(23)21-13-7-5-6-12(19)10-13/h3-10,16H,11H2,1-2H3,(H,20,22)(H,21,23). The molecule has 0 radical (unpaired) electrons. The van der Waals surface area contributed by atoms with Crippen LogP contribution in [-0.2, 0) is 14.3 Å². The lowest BCUT2D eigenvalue weighted by Crippen LogP contribution is -2.38. The summed E-state index contributed by atoms with van der Waals surface area (Å²) in [6.07, 6.45) is -0.484. The van der Waals surface area contributed by atoms with Gasteiger partial charge in [0.25, 0.3) is 0 Å². The van der Waals surface area contributed by atoms with E-state index in [0.717, 1.165) is 11.6 Å². The lowest BCUT2D eigenvalue weighted by Gasteiger charge is -2.18. The summed E-state index contributed by atoms with van der Waals surface area (Å²) >= 11 is 0. The molecule has 0 fully saturated rings. The predicted octanol–water partition coefficient (Wildman–Crippen LogP) is 2.28. The molecule has 132 valence electrons. The van der Waals surface area contributed by atoms with Crippen LogP contribution in [0.5, 0.6) is 5.75 Å². The van der Waals surface area contributed by atoms with E-state index >= 15 is 0 Å². The number of hydrogen-bond acceptors (Lipinski definition) is 4. The number of anilines is 1. The molecule has 0 bridgehead atoms. The van der Waals surface area contributed by atoms with Gasteiger partial charge in [0, 0.05) is 24.9 Å². The summed E-state index contributed by atoms with van der Waals surface area (Å²) in [5, 5.41) is 4.82. The number of methoxy groups -OCH3 is 2. The monoisotopic (exact) mass is 346 g/mol. The minimum absolute atomic E-state index is 0.0757. The van der Waals surface area contributed by atoms with Gasteiger partial charge >= 0.3 is 11.8 Å². The van der Waals surface area contributed by atoms with Crippen molar-refractivity contribution in [2.45, 2.75) is 6.10 Å². The number of hydrogen-bond donors (Lipinski definition) is 2. The Morgan fingerprint density at radius 3 is 2.52 bits per heavy atom. The van der Waals surface area contributed by atoms with Crippen LogP contribution in [0.2, 0.25) is 0 Å². The fourth-order valence-corrected chi connectivity index (χ4v) is 2.27. The van der Waals surface area contributed by atoms with Crippen molar-refractivity contribution in [3.63, 3.8) is 0 Å². The Bertz CT molecular complexity index is 751. The summed E-state index contributed by atoms with van der Waals surface area (Å²) in [6, 6.07) is 12.5. The van der Waals surface area contributed by atoms with Crippen LogP contribution in [0.3, 0.4) is 0 Å². The molecule has 1 unspecified atom stereocenters. The van der Waals surface area contributed by atoms with E-state index in [9.17, 15) is 14.0 Å². The molecule has 6 nitrogen and oxygen atoms in total. The average molecular weight is 346 g/mol. The van der Waals surface area contributed by atoms with Crippen LogP contribution in [0.4, 0.5) is 10.1 Å². The molecule has 25 heavy (non-hydrogen) atoms. The number of rotatable bonds is 6. The Labute approximate surface area is 144 Å². The van der Waals surface area contributed by atoms with Gasteiger partial charge in [-0.15, -0.1) is 0 Å². The lowest BCUT2D eigenvalue weighted by atomic mass is 10.1. The first-order chi connectivity index (χ1) is 12.0. The minimum Gasteiger partial charge on any atom is -0.496 e. The average Bonchev–Trinajstić information content (AvgIpc) is 2.62. The second-order valence-corrected chi connectivity index (χ2v) is 5.14. The largest absolute Gasteiger partial charge is 0.496 e. The third kappa shape index (κ3) is 5.02. The Morgan fingerprint density at radius 1 is 1.08 bits per heavy atom. The van der Waals surface area contributed by atoms with Crippen LogP contribution in [0, 0.1) is 5.82 Å². The van der Waals surface area contributed by atoms with E-state index in [1.165, 1.54) is 32.4 Å². The first-order valence-electron chi connectivity index (χ1n) is 7.55. The number of carbonyl (C=O) groups excluding carboxylic acids is 2. The molecule has 2 rings (SSSR count). The van der Waals surface area contributed by atoms with Gasteiger partial charge < -0.3 is 20.1 Å². The zero-order valence-corrected chi connectivity index (χ0v) is 13.9. The highest BCUT2D eigenvalue weighted by atomic mass is 19.1. The number of nitrogens with one attached hydrogen (secondary N) is 2. The normalized spacial score (nSPS) is 11.5. The van der Waals surface area contributed by atoms with Gasteiger partial charge in [0.1, 0.15) is 17.7 Å². The summed E-state index contributed by atoms with van der Waals surface area (Å²) in [5.74, 6) is -1.62. The first kappa shape index (κ1) is 18.4. The molecule has 0 aliphatic carbocycles. The second-order valence-electron chi connectivity index (χ2n) is 5.14.